The van der Waals surface area contributed by atoms with Crippen LogP contribution in [0.4, 0.5) is 0 Å². The molecule has 1 aliphatic heterocycles. The lowest BCUT2D eigenvalue weighted by molar-refractivity contribution is 0.241. The second-order valence-corrected chi connectivity index (χ2v) is 4.59. The Labute approximate surface area is 97.7 Å². The van der Waals surface area contributed by atoms with Crippen molar-refractivity contribution < 1.29 is 0 Å². The summed E-state index contributed by atoms with van der Waals surface area (Å²) < 4.78 is 0. The molecule has 3 nitrogen and oxygen atoms in total. The van der Waals surface area contributed by atoms with Gasteiger partial charge in [0, 0.05) is 17.9 Å². The first-order valence-electron chi connectivity index (χ1n) is 6.13. The van der Waals surface area contributed by atoms with Crippen molar-refractivity contribution in [3.8, 4) is 0 Å². The normalized spacial score (nSPS) is 26.2. The fourth-order valence-corrected chi connectivity index (χ4v) is 2.67. The van der Waals surface area contributed by atoms with Crippen molar-refractivity contribution in [2.24, 2.45) is 11.7 Å². The number of aryl methyl sites for hydroxylation is 1. The summed E-state index contributed by atoms with van der Waals surface area (Å²) >= 11 is 0. The molecule has 3 heteroatoms. The highest BCUT2D eigenvalue weighted by atomic mass is 15.2. The molecule has 0 radical (unpaired) electrons. The predicted molar refractivity (Wildman–Crippen MR) is 66.1 cm³/mol. The number of hydrogen-bond donors (Lipinski definition) is 1. The van der Waals surface area contributed by atoms with Crippen LogP contribution in [0.25, 0.3) is 0 Å². The van der Waals surface area contributed by atoms with Gasteiger partial charge in [-0.15, -0.1) is 0 Å². The molecule has 0 aliphatic carbocycles. The molecule has 0 saturated carbocycles. The first-order chi connectivity index (χ1) is 7.76. The maximum Gasteiger partial charge on any atom is 0.0403 e. The molecule has 2 unspecified atom stereocenters. The Morgan fingerprint density at radius 2 is 2.31 bits per heavy atom. The van der Waals surface area contributed by atoms with Crippen LogP contribution in [-0.2, 0) is 0 Å². The lowest BCUT2D eigenvalue weighted by Crippen LogP contribution is -2.28. The molecule has 2 rings (SSSR count). The van der Waals surface area contributed by atoms with Crippen molar-refractivity contribution in [3.63, 3.8) is 0 Å². The van der Waals surface area contributed by atoms with E-state index in [0.29, 0.717) is 12.0 Å². The van der Waals surface area contributed by atoms with Crippen LogP contribution in [0, 0.1) is 12.8 Å². The van der Waals surface area contributed by atoms with Gasteiger partial charge in [-0.05, 0) is 50.5 Å². The van der Waals surface area contributed by atoms with Crippen LogP contribution < -0.4 is 5.73 Å². The quantitative estimate of drug-likeness (QED) is 0.842. The van der Waals surface area contributed by atoms with E-state index in [2.05, 4.69) is 28.9 Å². The molecule has 1 aromatic rings. The molecule has 16 heavy (non-hydrogen) atoms. The van der Waals surface area contributed by atoms with E-state index in [1.165, 1.54) is 12.0 Å². The summed E-state index contributed by atoms with van der Waals surface area (Å²) in [5, 5.41) is 0. The van der Waals surface area contributed by atoms with Crippen molar-refractivity contribution >= 4 is 0 Å². The molecule has 2 N–H and O–H groups in total. The summed E-state index contributed by atoms with van der Waals surface area (Å²) in [6, 6.07) is 4.77. The van der Waals surface area contributed by atoms with Gasteiger partial charge >= 0.3 is 0 Å². The van der Waals surface area contributed by atoms with Crippen LogP contribution in [0.3, 0.4) is 0 Å². The lowest BCUT2D eigenvalue weighted by atomic mass is 9.95. The Morgan fingerprint density at radius 1 is 1.50 bits per heavy atom. The highest BCUT2D eigenvalue weighted by Crippen LogP contribution is 2.35. The average Bonchev–Trinajstić information content (AvgIpc) is 2.73. The standard InChI is InChI=1S/C13H21N3/c1-3-16-7-6-11(8-14)13(16)12-5-4-10(2)15-9-12/h4-5,9,11,13H,3,6-8,14H2,1-2H3. The van der Waals surface area contributed by atoms with Crippen molar-refractivity contribution in [1.82, 2.24) is 9.88 Å². The SMILES string of the molecule is CCN1CCC(CN)C1c1ccc(C)nc1. The number of aromatic nitrogens is 1. The van der Waals surface area contributed by atoms with Crippen molar-refractivity contribution in [2.75, 3.05) is 19.6 Å². The predicted octanol–water partition coefficient (Wildman–Crippen LogP) is 1.73. The monoisotopic (exact) mass is 219 g/mol. The fourth-order valence-electron chi connectivity index (χ4n) is 2.67. The highest BCUT2D eigenvalue weighted by Gasteiger charge is 2.33. The van der Waals surface area contributed by atoms with Gasteiger partial charge in [-0.25, -0.2) is 0 Å². The van der Waals surface area contributed by atoms with E-state index in [1.54, 1.807) is 0 Å². The number of pyridine rings is 1. The number of nitrogens with two attached hydrogens (primary N) is 1. The molecule has 0 bridgehead atoms. The molecule has 1 aromatic heterocycles. The van der Waals surface area contributed by atoms with Crippen LogP contribution in [0.1, 0.15) is 30.6 Å². The number of likely N-dealkylation sites (tertiary alicyclic amines) is 1. The molecular weight excluding hydrogens is 198 g/mol. The van der Waals surface area contributed by atoms with Gasteiger partial charge in [0.25, 0.3) is 0 Å². The second kappa shape index (κ2) is 4.93. The molecule has 88 valence electrons. The molecule has 2 heterocycles. The van der Waals surface area contributed by atoms with Crippen molar-refractivity contribution in [2.45, 2.75) is 26.3 Å². The minimum atomic E-state index is 0.475. The van der Waals surface area contributed by atoms with Gasteiger partial charge in [-0.1, -0.05) is 13.0 Å². The Bertz CT molecular complexity index is 322. The van der Waals surface area contributed by atoms with Crippen LogP contribution in [0.15, 0.2) is 18.3 Å². The van der Waals surface area contributed by atoms with Gasteiger partial charge in [0.1, 0.15) is 0 Å². The smallest absolute Gasteiger partial charge is 0.0403 e. The summed E-state index contributed by atoms with van der Waals surface area (Å²) in [5.41, 5.74) is 8.26. The van der Waals surface area contributed by atoms with E-state index in [4.69, 9.17) is 5.73 Å². The zero-order chi connectivity index (χ0) is 11.5. The topological polar surface area (TPSA) is 42.1 Å². The first kappa shape index (κ1) is 11.6. The van der Waals surface area contributed by atoms with E-state index < -0.39 is 0 Å². The van der Waals surface area contributed by atoms with Crippen LogP contribution in [0.5, 0.6) is 0 Å². The number of nitrogens with zero attached hydrogens (tertiary/aromatic N) is 2. The molecule has 0 spiro atoms. The number of hydrogen-bond acceptors (Lipinski definition) is 3. The molecule has 1 fully saturated rings. The first-order valence-corrected chi connectivity index (χ1v) is 6.13. The van der Waals surface area contributed by atoms with E-state index >= 15 is 0 Å². The van der Waals surface area contributed by atoms with E-state index in [-0.39, 0.29) is 0 Å². The van der Waals surface area contributed by atoms with Crippen molar-refractivity contribution in [1.29, 1.82) is 0 Å². The minimum Gasteiger partial charge on any atom is -0.330 e. The van der Waals surface area contributed by atoms with E-state index in [9.17, 15) is 0 Å². The minimum absolute atomic E-state index is 0.475. The maximum atomic E-state index is 5.86. The second-order valence-electron chi connectivity index (χ2n) is 4.59. The molecule has 2 atom stereocenters. The third kappa shape index (κ3) is 2.11. The fraction of sp³-hybridized carbons (Fsp3) is 0.615. The van der Waals surface area contributed by atoms with E-state index in [1.807, 2.05) is 13.1 Å². The van der Waals surface area contributed by atoms with Crippen LogP contribution in [0.2, 0.25) is 0 Å². The molecular formula is C13H21N3. The Balaban J connectivity index is 2.24. The van der Waals surface area contributed by atoms with Gasteiger partial charge in [0.05, 0.1) is 0 Å². The number of rotatable bonds is 3. The van der Waals surface area contributed by atoms with Gasteiger partial charge in [-0.3, -0.25) is 9.88 Å². The summed E-state index contributed by atoms with van der Waals surface area (Å²) in [4.78, 5) is 6.90. The summed E-state index contributed by atoms with van der Waals surface area (Å²) in [7, 11) is 0. The van der Waals surface area contributed by atoms with Gasteiger partial charge < -0.3 is 5.73 Å². The Hall–Kier alpha value is -0.930. The average molecular weight is 219 g/mol. The largest absolute Gasteiger partial charge is 0.330 e. The summed E-state index contributed by atoms with van der Waals surface area (Å²) in [6.07, 6.45) is 3.22. The third-order valence-electron chi connectivity index (χ3n) is 3.61. The summed E-state index contributed by atoms with van der Waals surface area (Å²) in [6.45, 7) is 7.27. The highest BCUT2D eigenvalue weighted by molar-refractivity contribution is 5.19. The molecule has 0 amide bonds. The van der Waals surface area contributed by atoms with Gasteiger partial charge in [0.2, 0.25) is 0 Å². The van der Waals surface area contributed by atoms with Gasteiger partial charge in [0.15, 0.2) is 0 Å². The third-order valence-corrected chi connectivity index (χ3v) is 3.61. The van der Waals surface area contributed by atoms with Gasteiger partial charge in [-0.2, -0.15) is 0 Å². The molecule has 1 aliphatic rings. The molecule has 0 aromatic carbocycles. The van der Waals surface area contributed by atoms with Crippen LogP contribution in [-0.4, -0.2) is 29.5 Å². The molecule has 1 saturated heterocycles. The lowest BCUT2D eigenvalue weighted by Gasteiger charge is -2.26. The maximum absolute atomic E-state index is 5.86. The Kier molecular flexibility index (Phi) is 3.56. The zero-order valence-corrected chi connectivity index (χ0v) is 10.2. The van der Waals surface area contributed by atoms with E-state index in [0.717, 1.165) is 25.3 Å². The Morgan fingerprint density at radius 3 is 2.88 bits per heavy atom. The van der Waals surface area contributed by atoms with Crippen LogP contribution >= 0.6 is 0 Å². The summed E-state index contributed by atoms with van der Waals surface area (Å²) in [5.74, 6) is 0.587. The zero-order valence-electron chi connectivity index (χ0n) is 10.2. The van der Waals surface area contributed by atoms with Crippen molar-refractivity contribution in [3.05, 3.63) is 29.6 Å².